The van der Waals surface area contributed by atoms with Gasteiger partial charge in [-0.2, -0.15) is 15.0 Å². The van der Waals surface area contributed by atoms with Crippen LogP contribution in [0.2, 0.25) is 5.28 Å². The molecule has 0 spiro atoms. The van der Waals surface area contributed by atoms with Crippen molar-refractivity contribution in [3.8, 4) is 0 Å². The number of aryl methyl sites for hydroxylation is 1. The smallest absolute Gasteiger partial charge is 0.230 e. The van der Waals surface area contributed by atoms with Gasteiger partial charge in [0.15, 0.2) is 0 Å². The first kappa shape index (κ1) is 13.0. The van der Waals surface area contributed by atoms with E-state index in [0.29, 0.717) is 18.4 Å². The van der Waals surface area contributed by atoms with Gasteiger partial charge in [-0.15, -0.1) is 11.3 Å². The monoisotopic (exact) mass is 284 g/mol. The van der Waals surface area contributed by atoms with Crippen molar-refractivity contribution in [2.24, 2.45) is 0 Å². The standard InChI is InChI=1S/C10H13ClN6S/c1-6-7(18-5-13-6)4-12-9-14-8(11)15-10(16-9)17(2)3/h5H,4H2,1-3H3,(H,12,14,15,16). The van der Waals surface area contributed by atoms with Crippen LogP contribution in [0, 0.1) is 6.92 Å². The molecule has 0 aliphatic carbocycles. The van der Waals surface area contributed by atoms with Crippen LogP contribution in [-0.4, -0.2) is 34.0 Å². The molecule has 96 valence electrons. The van der Waals surface area contributed by atoms with Gasteiger partial charge in [0, 0.05) is 19.0 Å². The Morgan fingerprint density at radius 2 is 2.11 bits per heavy atom. The van der Waals surface area contributed by atoms with E-state index in [1.807, 2.05) is 26.5 Å². The highest BCUT2D eigenvalue weighted by atomic mass is 35.5. The van der Waals surface area contributed by atoms with Crippen LogP contribution in [0.15, 0.2) is 5.51 Å². The van der Waals surface area contributed by atoms with Crippen LogP contribution in [0.1, 0.15) is 10.6 Å². The lowest BCUT2D eigenvalue weighted by Crippen LogP contribution is -2.15. The molecule has 0 radical (unpaired) electrons. The first-order valence-corrected chi connectivity index (χ1v) is 6.54. The molecular weight excluding hydrogens is 272 g/mol. The Labute approximate surface area is 114 Å². The SMILES string of the molecule is Cc1ncsc1CNc1nc(Cl)nc(N(C)C)n1. The minimum absolute atomic E-state index is 0.178. The zero-order valence-electron chi connectivity index (χ0n) is 10.3. The molecule has 2 heterocycles. The molecular formula is C10H13ClN6S. The Kier molecular flexibility index (Phi) is 3.93. The maximum atomic E-state index is 5.85. The third-order valence-corrected chi connectivity index (χ3v) is 3.35. The van der Waals surface area contributed by atoms with Crippen molar-refractivity contribution in [1.82, 2.24) is 19.9 Å². The van der Waals surface area contributed by atoms with Crippen LogP contribution < -0.4 is 10.2 Å². The van der Waals surface area contributed by atoms with Gasteiger partial charge in [0.2, 0.25) is 17.2 Å². The van der Waals surface area contributed by atoms with E-state index in [2.05, 4.69) is 25.3 Å². The van der Waals surface area contributed by atoms with Crippen LogP contribution in [0.5, 0.6) is 0 Å². The summed E-state index contributed by atoms with van der Waals surface area (Å²) in [6, 6.07) is 0. The summed E-state index contributed by atoms with van der Waals surface area (Å²) in [5, 5.41) is 3.30. The van der Waals surface area contributed by atoms with Gasteiger partial charge >= 0.3 is 0 Å². The van der Waals surface area contributed by atoms with Gasteiger partial charge in [-0.3, -0.25) is 0 Å². The van der Waals surface area contributed by atoms with Gasteiger partial charge in [-0.05, 0) is 18.5 Å². The summed E-state index contributed by atoms with van der Waals surface area (Å²) in [5.41, 5.74) is 2.83. The summed E-state index contributed by atoms with van der Waals surface area (Å²) in [4.78, 5) is 19.4. The minimum Gasteiger partial charge on any atom is -0.349 e. The van der Waals surface area contributed by atoms with Gasteiger partial charge in [-0.1, -0.05) is 0 Å². The van der Waals surface area contributed by atoms with Crippen LogP contribution in [0.4, 0.5) is 11.9 Å². The van der Waals surface area contributed by atoms with Crippen molar-refractivity contribution in [3.05, 3.63) is 21.4 Å². The summed E-state index contributed by atoms with van der Waals surface area (Å²) >= 11 is 7.44. The van der Waals surface area contributed by atoms with Gasteiger partial charge in [-0.25, -0.2) is 4.98 Å². The zero-order valence-corrected chi connectivity index (χ0v) is 11.9. The van der Waals surface area contributed by atoms with Crippen molar-refractivity contribution in [2.45, 2.75) is 13.5 Å². The third kappa shape index (κ3) is 3.05. The number of rotatable bonds is 4. The zero-order chi connectivity index (χ0) is 13.1. The fraction of sp³-hybridized carbons (Fsp3) is 0.400. The Balaban J connectivity index is 2.12. The van der Waals surface area contributed by atoms with E-state index in [1.54, 1.807) is 16.2 Å². The number of hydrogen-bond acceptors (Lipinski definition) is 7. The van der Waals surface area contributed by atoms with Crippen molar-refractivity contribution in [3.63, 3.8) is 0 Å². The summed E-state index contributed by atoms with van der Waals surface area (Å²) < 4.78 is 0. The van der Waals surface area contributed by atoms with Crippen molar-refractivity contribution in [1.29, 1.82) is 0 Å². The van der Waals surface area contributed by atoms with E-state index in [-0.39, 0.29) is 5.28 Å². The molecule has 8 heteroatoms. The topological polar surface area (TPSA) is 66.8 Å². The number of anilines is 2. The Morgan fingerprint density at radius 1 is 1.33 bits per heavy atom. The fourth-order valence-electron chi connectivity index (χ4n) is 1.27. The predicted molar refractivity (Wildman–Crippen MR) is 73.3 cm³/mol. The van der Waals surface area contributed by atoms with Gasteiger partial charge in [0.05, 0.1) is 17.7 Å². The second kappa shape index (κ2) is 5.45. The highest BCUT2D eigenvalue weighted by Crippen LogP contribution is 2.15. The molecule has 0 unspecified atom stereocenters. The summed E-state index contributed by atoms with van der Waals surface area (Å²) in [6.07, 6.45) is 0. The van der Waals surface area contributed by atoms with E-state index >= 15 is 0 Å². The van der Waals surface area contributed by atoms with E-state index < -0.39 is 0 Å². The van der Waals surface area contributed by atoms with Crippen LogP contribution in [0.25, 0.3) is 0 Å². The molecule has 0 saturated carbocycles. The number of nitrogens with one attached hydrogen (secondary N) is 1. The lowest BCUT2D eigenvalue weighted by Gasteiger charge is -2.11. The van der Waals surface area contributed by atoms with Gasteiger partial charge in [0.25, 0.3) is 0 Å². The Bertz CT molecular complexity index is 541. The average Bonchev–Trinajstić information content (AvgIpc) is 2.71. The van der Waals surface area contributed by atoms with Crippen molar-refractivity contribution in [2.75, 3.05) is 24.3 Å². The van der Waals surface area contributed by atoms with Crippen molar-refractivity contribution < 1.29 is 0 Å². The van der Waals surface area contributed by atoms with E-state index in [0.717, 1.165) is 10.6 Å². The number of nitrogens with zero attached hydrogens (tertiary/aromatic N) is 5. The molecule has 0 atom stereocenters. The second-order valence-corrected chi connectivity index (χ2v) is 5.11. The number of aromatic nitrogens is 4. The molecule has 0 fully saturated rings. The molecule has 0 amide bonds. The highest BCUT2D eigenvalue weighted by molar-refractivity contribution is 7.09. The normalized spacial score (nSPS) is 10.4. The van der Waals surface area contributed by atoms with E-state index in [1.165, 1.54) is 0 Å². The van der Waals surface area contributed by atoms with E-state index in [9.17, 15) is 0 Å². The molecule has 1 N–H and O–H groups in total. The lowest BCUT2D eigenvalue weighted by molar-refractivity contribution is 0.943. The maximum absolute atomic E-state index is 5.85. The maximum Gasteiger partial charge on any atom is 0.230 e. The highest BCUT2D eigenvalue weighted by Gasteiger charge is 2.07. The van der Waals surface area contributed by atoms with Gasteiger partial charge < -0.3 is 10.2 Å². The molecule has 2 rings (SSSR count). The van der Waals surface area contributed by atoms with E-state index in [4.69, 9.17) is 11.6 Å². The molecule has 2 aromatic rings. The summed E-state index contributed by atoms with van der Waals surface area (Å²) in [6.45, 7) is 2.60. The summed E-state index contributed by atoms with van der Waals surface area (Å²) in [7, 11) is 3.70. The molecule has 0 saturated heterocycles. The third-order valence-electron chi connectivity index (χ3n) is 2.25. The molecule has 18 heavy (non-hydrogen) atoms. The molecule has 2 aromatic heterocycles. The Hall–Kier alpha value is -1.47. The average molecular weight is 285 g/mol. The van der Waals surface area contributed by atoms with Crippen LogP contribution in [-0.2, 0) is 6.54 Å². The number of hydrogen-bond donors (Lipinski definition) is 1. The Morgan fingerprint density at radius 3 is 2.72 bits per heavy atom. The van der Waals surface area contributed by atoms with Crippen LogP contribution in [0.3, 0.4) is 0 Å². The summed E-state index contributed by atoms with van der Waals surface area (Å²) in [5.74, 6) is 0.991. The first-order chi connectivity index (χ1) is 8.56. The number of halogens is 1. The second-order valence-electron chi connectivity index (χ2n) is 3.84. The predicted octanol–water partition coefficient (Wildman–Crippen LogP) is 1.97. The van der Waals surface area contributed by atoms with Gasteiger partial charge in [0.1, 0.15) is 0 Å². The molecule has 0 aromatic carbocycles. The number of thiazole rings is 1. The first-order valence-electron chi connectivity index (χ1n) is 5.28. The molecule has 0 bridgehead atoms. The molecule has 0 aliphatic heterocycles. The van der Waals surface area contributed by atoms with Crippen LogP contribution >= 0.6 is 22.9 Å². The quantitative estimate of drug-likeness (QED) is 0.926. The minimum atomic E-state index is 0.178. The van der Waals surface area contributed by atoms with Crippen molar-refractivity contribution >= 4 is 34.8 Å². The molecule has 6 nitrogen and oxygen atoms in total. The molecule has 0 aliphatic rings. The fourth-order valence-corrected chi connectivity index (χ4v) is 2.15. The lowest BCUT2D eigenvalue weighted by atomic mass is 10.4. The largest absolute Gasteiger partial charge is 0.349 e.